The molecular weight excluding hydrogens is 334 g/mol. The van der Waals surface area contributed by atoms with Crippen LogP contribution in [-0.2, 0) is 5.41 Å². The van der Waals surface area contributed by atoms with Gasteiger partial charge in [0, 0.05) is 6.04 Å². The highest BCUT2D eigenvalue weighted by Crippen LogP contribution is 2.42. The number of nitrogens with one attached hydrogen (secondary N) is 2. The van der Waals surface area contributed by atoms with E-state index in [-0.39, 0.29) is 6.04 Å². The number of benzene rings is 1. The number of hydrogen-bond donors (Lipinski definition) is 3. The van der Waals surface area contributed by atoms with E-state index >= 15 is 0 Å². The van der Waals surface area contributed by atoms with Crippen LogP contribution in [0.3, 0.4) is 0 Å². The Morgan fingerprint density at radius 3 is 2.62 bits per heavy atom. The number of nitriles is 1. The van der Waals surface area contributed by atoms with Gasteiger partial charge in [-0.2, -0.15) is 5.26 Å². The van der Waals surface area contributed by atoms with Gasteiger partial charge in [0.05, 0.1) is 25.2 Å². The van der Waals surface area contributed by atoms with Crippen molar-refractivity contribution in [3.63, 3.8) is 0 Å². The molecule has 1 aromatic rings. The molecule has 1 aromatic carbocycles. The lowest BCUT2D eigenvalue weighted by Gasteiger charge is -2.35. The van der Waals surface area contributed by atoms with Gasteiger partial charge in [-0.3, -0.25) is 5.21 Å². The van der Waals surface area contributed by atoms with E-state index < -0.39 is 11.4 Å². The Hall–Kier alpha value is -2.46. The molecule has 0 bridgehead atoms. The Kier molecular flexibility index (Phi) is 5.52. The first-order chi connectivity index (χ1) is 12.6. The minimum absolute atomic E-state index is 0.0486. The van der Waals surface area contributed by atoms with Crippen LogP contribution in [0.15, 0.2) is 18.2 Å². The highest BCUT2D eigenvalue weighted by molar-refractivity contribution is 5.72. The van der Waals surface area contributed by atoms with Crippen LogP contribution >= 0.6 is 0 Å². The summed E-state index contributed by atoms with van der Waals surface area (Å²) in [5.41, 5.74) is 1.91. The van der Waals surface area contributed by atoms with Gasteiger partial charge in [-0.15, -0.1) is 0 Å². The zero-order chi connectivity index (χ0) is 18.6. The van der Waals surface area contributed by atoms with Crippen molar-refractivity contribution in [1.29, 1.82) is 5.26 Å². The summed E-state index contributed by atoms with van der Waals surface area (Å²) in [5.74, 6) is 2.00. The fourth-order valence-electron chi connectivity index (χ4n) is 3.52. The Labute approximate surface area is 153 Å². The first-order valence-corrected chi connectivity index (χ1v) is 9.03. The number of methoxy groups -OCH3 is 1. The van der Waals surface area contributed by atoms with E-state index in [0.717, 1.165) is 5.56 Å². The molecular formula is C19H25N3O4. The monoisotopic (exact) mass is 359 g/mol. The molecule has 3 N–H and O–H groups in total. The Bertz CT molecular complexity index is 689. The van der Waals surface area contributed by atoms with Crippen LogP contribution < -0.4 is 20.3 Å². The number of urea groups is 1. The van der Waals surface area contributed by atoms with Gasteiger partial charge in [-0.05, 0) is 62.1 Å². The Balaban J connectivity index is 1.74. The van der Waals surface area contributed by atoms with Crippen molar-refractivity contribution in [2.45, 2.75) is 50.0 Å². The predicted molar refractivity (Wildman–Crippen MR) is 94.2 cm³/mol. The van der Waals surface area contributed by atoms with Crippen molar-refractivity contribution in [2.24, 2.45) is 5.92 Å². The maximum absolute atomic E-state index is 11.3. The van der Waals surface area contributed by atoms with Crippen LogP contribution in [0.4, 0.5) is 4.79 Å². The van der Waals surface area contributed by atoms with E-state index in [1.54, 1.807) is 12.6 Å². The minimum Gasteiger partial charge on any atom is -0.493 e. The summed E-state index contributed by atoms with van der Waals surface area (Å²) < 4.78 is 11.3. The summed E-state index contributed by atoms with van der Waals surface area (Å²) in [7, 11) is 1.61. The topological polar surface area (TPSA) is 104 Å². The van der Waals surface area contributed by atoms with E-state index in [9.17, 15) is 10.1 Å². The third-order valence-electron chi connectivity index (χ3n) is 5.38. The molecule has 2 fully saturated rings. The van der Waals surface area contributed by atoms with Crippen molar-refractivity contribution in [1.82, 2.24) is 10.8 Å². The molecule has 0 spiro atoms. The van der Waals surface area contributed by atoms with Crippen LogP contribution in [0.25, 0.3) is 0 Å². The molecule has 2 amide bonds. The van der Waals surface area contributed by atoms with Crippen molar-refractivity contribution < 1.29 is 19.5 Å². The lowest BCUT2D eigenvalue weighted by atomic mass is 9.69. The van der Waals surface area contributed by atoms with Gasteiger partial charge in [0.2, 0.25) is 0 Å². The minimum atomic E-state index is -0.611. The molecule has 0 aromatic heterocycles. The van der Waals surface area contributed by atoms with Gasteiger partial charge in [0.15, 0.2) is 11.5 Å². The largest absolute Gasteiger partial charge is 0.493 e. The lowest BCUT2D eigenvalue weighted by molar-refractivity contribution is 0.155. The summed E-state index contributed by atoms with van der Waals surface area (Å²) in [6.45, 7) is 0.682. The Morgan fingerprint density at radius 1 is 1.31 bits per heavy atom. The first-order valence-electron chi connectivity index (χ1n) is 9.03. The van der Waals surface area contributed by atoms with Crippen LogP contribution in [0.2, 0.25) is 0 Å². The molecule has 26 heavy (non-hydrogen) atoms. The normalized spacial score (nSPS) is 25.0. The van der Waals surface area contributed by atoms with Gasteiger partial charge in [-0.25, -0.2) is 10.3 Å². The molecule has 7 nitrogen and oxygen atoms in total. The summed E-state index contributed by atoms with van der Waals surface area (Å²) in [4.78, 5) is 11.3. The van der Waals surface area contributed by atoms with Gasteiger partial charge in [0.25, 0.3) is 0 Å². The van der Waals surface area contributed by atoms with Gasteiger partial charge < -0.3 is 14.8 Å². The van der Waals surface area contributed by atoms with Crippen molar-refractivity contribution in [2.75, 3.05) is 13.7 Å². The second-order valence-corrected chi connectivity index (χ2v) is 7.17. The number of hydrogen-bond acceptors (Lipinski definition) is 5. The molecule has 3 rings (SSSR count). The van der Waals surface area contributed by atoms with E-state index in [4.69, 9.17) is 14.7 Å². The molecule has 0 radical (unpaired) electrons. The Morgan fingerprint density at radius 2 is 2.04 bits per heavy atom. The fourth-order valence-corrected chi connectivity index (χ4v) is 3.52. The molecule has 7 heteroatoms. The summed E-state index contributed by atoms with van der Waals surface area (Å²) in [5, 5.41) is 21.2. The predicted octanol–water partition coefficient (Wildman–Crippen LogP) is 2.88. The average Bonchev–Trinajstić information content (AvgIpc) is 3.51. The third kappa shape index (κ3) is 4.02. The molecule has 0 atom stereocenters. The van der Waals surface area contributed by atoms with E-state index in [1.807, 2.05) is 18.2 Å². The molecule has 0 heterocycles. The van der Waals surface area contributed by atoms with Crippen molar-refractivity contribution in [3.05, 3.63) is 23.8 Å². The zero-order valence-corrected chi connectivity index (χ0v) is 15.0. The number of amides is 2. The van der Waals surface area contributed by atoms with E-state index in [0.29, 0.717) is 49.7 Å². The fraction of sp³-hybridized carbons (Fsp3) is 0.579. The quantitative estimate of drug-likeness (QED) is 0.535. The number of carbonyl (C=O) groups is 1. The highest BCUT2D eigenvalue weighted by atomic mass is 16.5. The van der Waals surface area contributed by atoms with E-state index in [1.165, 1.54) is 12.8 Å². The van der Waals surface area contributed by atoms with Gasteiger partial charge in [0.1, 0.15) is 0 Å². The second kappa shape index (κ2) is 7.83. The summed E-state index contributed by atoms with van der Waals surface area (Å²) in [6, 6.07) is 7.55. The zero-order valence-electron chi connectivity index (χ0n) is 15.0. The molecule has 0 aliphatic heterocycles. The maximum atomic E-state index is 11.3. The van der Waals surface area contributed by atoms with Crippen LogP contribution in [0.5, 0.6) is 11.5 Å². The van der Waals surface area contributed by atoms with Crippen molar-refractivity contribution in [3.8, 4) is 17.6 Å². The smallest absolute Gasteiger partial charge is 0.338 e. The number of nitrogens with zero attached hydrogens (tertiary/aromatic N) is 1. The van der Waals surface area contributed by atoms with Crippen molar-refractivity contribution >= 4 is 6.03 Å². The number of carbonyl (C=O) groups excluding carboxylic acids is 1. The molecule has 2 aliphatic rings. The maximum Gasteiger partial charge on any atom is 0.338 e. The molecule has 0 saturated heterocycles. The van der Waals surface area contributed by atoms with Crippen LogP contribution in [0.1, 0.15) is 44.1 Å². The van der Waals surface area contributed by atoms with Crippen LogP contribution in [0, 0.1) is 17.2 Å². The van der Waals surface area contributed by atoms with Crippen LogP contribution in [-0.4, -0.2) is 31.0 Å². The lowest BCUT2D eigenvalue weighted by Crippen LogP contribution is -2.45. The summed E-state index contributed by atoms with van der Waals surface area (Å²) >= 11 is 0. The SMILES string of the molecule is COc1ccc(C2(C#N)CCC(NC(=O)NO)CC2)cc1OCC1CC1. The molecule has 140 valence electrons. The first kappa shape index (κ1) is 18.3. The molecule has 0 unspecified atom stereocenters. The summed E-state index contributed by atoms with van der Waals surface area (Å²) in [6.07, 6.45) is 5.03. The highest BCUT2D eigenvalue weighted by Gasteiger charge is 2.38. The standard InChI is InChI=1S/C19H25N3O4/c1-25-16-5-4-14(10-17(16)26-11-13-2-3-13)19(12-20)8-6-15(7-9-19)21-18(23)22-24/h4-5,10,13,15,24H,2-3,6-9,11H2,1H3,(H2,21,22,23). The number of rotatable bonds is 6. The number of hydroxylamine groups is 1. The number of ether oxygens (including phenoxy) is 2. The third-order valence-corrected chi connectivity index (χ3v) is 5.38. The molecule has 2 aliphatic carbocycles. The van der Waals surface area contributed by atoms with Gasteiger partial charge in [-0.1, -0.05) is 6.07 Å². The van der Waals surface area contributed by atoms with E-state index in [2.05, 4.69) is 11.4 Å². The molecule has 2 saturated carbocycles. The average molecular weight is 359 g/mol. The second-order valence-electron chi connectivity index (χ2n) is 7.17. The van der Waals surface area contributed by atoms with Gasteiger partial charge >= 0.3 is 6.03 Å².